The molecule has 0 fully saturated rings. The molecule has 2 rings (SSSR count). The molecule has 0 atom stereocenters. The van der Waals surface area contributed by atoms with Crippen molar-refractivity contribution in [2.24, 2.45) is 5.84 Å². The van der Waals surface area contributed by atoms with Gasteiger partial charge in [0.05, 0.1) is 0 Å². The van der Waals surface area contributed by atoms with Gasteiger partial charge in [-0.05, 0) is 35.9 Å². The van der Waals surface area contributed by atoms with Crippen molar-refractivity contribution in [3.05, 3.63) is 72.1 Å². The van der Waals surface area contributed by atoms with Crippen LogP contribution in [-0.2, 0) is 6.61 Å². The highest BCUT2D eigenvalue weighted by Crippen LogP contribution is 2.17. The Morgan fingerprint density at radius 2 is 1.84 bits per heavy atom. The molecule has 0 spiro atoms. The lowest BCUT2D eigenvalue weighted by atomic mass is 10.2. The summed E-state index contributed by atoms with van der Waals surface area (Å²) in [6.07, 6.45) is 0. The van der Waals surface area contributed by atoms with E-state index < -0.39 is 0 Å². The Bertz CT molecular complexity index is 567. The van der Waals surface area contributed by atoms with Gasteiger partial charge in [0, 0.05) is 11.3 Å². The number of hydrazine groups is 1. The van der Waals surface area contributed by atoms with Crippen molar-refractivity contribution in [2.45, 2.75) is 6.61 Å². The first-order valence-electron chi connectivity index (χ1n) is 5.83. The Balaban J connectivity index is 2.01. The van der Waals surface area contributed by atoms with E-state index in [0.717, 1.165) is 5.56 Å². The SMILES string of the molecule is C=C(NN)c1ccc(OCc2ccccc2F)cc1. The van der Waals surface area contributed by atoms with Gasteiger partial charge in [-0.15, -0.1) is 0 Å². The van der Waals surface area contributed by atoms with Crippen LogP contribution in [0.4, 0.5) is 4.39 Å². The molecule has 0 radical (unpaired) electrons. The second kappa shape index (κ2) is 6.02. The highest BCUT2D eigenvalue weighted by molar-refractivity contribution is 5.61. The summed E-state index contributed by atoms with van der Waals surface area (Å²) in [5, 5.41) is 0. The highest BCUT2D eigenvalue weighted by atomic mass is 19.1. The Hall–Kier alpha value is -2.33. The zero-order valence-corrected chi connectivity index (χ0v) is 10.4. The number of ether oxygens (including phenoxy) is 1. The molecule has 4 heteroatoms. The third-order valence-electron chi connectivity index (χ3n) is 2.73. The standard InChI is InChI=1S/C15H15FN2O/c1-11(18-17)12-6-8-14(9-7-12)19-10-13-4-2-3-5-15(13)16/h2-9,18H,1,10,17H2. The molecule has 0 bridgehead atoms. The van der Waals surface area contributed by atoms with Crippen LogP contribution in [-0.4, -0.2) is 0 Å². The summed E-state index contributed by atoms with van der Waals surface area (Å²) >= 11 is 0. The molecule has 98 valence electrons. The van der Waals surface area contributed by atoms with Crippen LogP contribution in [0.2, 0.25) is 0 Å². The Morgan fingerprint density at radius 3 is 2.47 bits per heavy atom. The van der Waals surface area contributed by atoms with Gasteiger partial charge in [0.15, 0.2) is 0 Å². The normalized spacial score (nSPS) is 10.0. The Kier molecular flexibility index (Phi) is 4.15. The lowest BCUT2D eigenvalue weighted by Gasteiger charge is -2.09. The molecule has 2 aromatic carbocycles. The topological polar surface area (TPSA) is 47.3 Å². The van der Waals surface area contributed by atoms with E-state index in [4.69, 9.17) is 10.6 Å². The molecule has 19 heavy (non-hydrogen) atoms. The molecule has 2 aromatic rings. The molecular formula is C15H15FN2O. The molecule has 0 saturated carbocycles. The zero-order valence-electron chi connectivity index (χ0n) is 10.4. The van der Waals surface area contributed by atoms with Crippen molar-refractivity contribution >= 4 is 5.70 Å². The lowest BCUT2D eigenvalue weighted by molar-refractivity contribution is 0.300. The summed E-state index contributed by atoms with van der Waals surface area (Å²) < 4.78 is 18.9. The van der Waals surface area contributed by atoms with E-state index in [-0.39, 0.29) is 12.4 Å². The molecule has 0 aliphatic carbocycles. The number of hydrogen-bond acceptors (Lipinski definition) is 3. The maximum absolute atomic E-state index is 13.4. The van der Waals surface area contributed by atoms with Crippen LogP contribution < -0.4 is 16.0 Å². The predicted octanol–water partition coefficient (Wildman–Crippen LogP) is 2.84. The fraction of sp³-hybridized carbons (Fsp3) is 0.0667. The van der Waals surface area contributed by atoms with E-state index in [1.807, 2.05) is 12.1 Å². The fourth-order valence-corrected chi connectivity index (χ4v) is 1.61. The van der Waals surface area contributed by atoms with Crippen LogP contribution in [0.3, 0.4) is 0 Å². The van der Waals surface area contributed by atoms with E-state index in [1.54, 1.807) is 30.3 Å². The van der Waals surface area contributed by atoms with Gasteiger partial charge < -0.3 is 10.2 Å². The van der Waals surface area contributed by atoms with E-state index in [9.17, 15) is 4.39 Å². The molecule has 0 aliphatic rings. The van der Waals surface area contributed by atoms with Gasteiger partial charge >= 0.3 is 0 Å². The van der Waals surface area contributed by atoms with Crippen LogP contribution >= 0.6 is 0 Å². The summed E-state index contributed by atoms with van der Waals surface area (Å²) in [6, 6.07) is 13.8. The molecule has 0 saturated heterocycles. The predicted molar refractivity (Wildman–Crippen MR) is 73.5 cm³/mol. The molecule has 3 nitrogen and oxygen atoms in total. The lowest BCUT2D eigenvalue weighted by Crippen LogP contribution is -2.18. The van der Waals surface area contributed by atoms with Crippen LogP contribution in [0.5, 0.6) is 5.75 Å². The van der Waals surface area contributed by atoms with Crippen molar-refractivity contribution in [1.29, 1.82) is 0 Å². The summed E-state index contributed by atoms with van der Waals surface area (Å²) in [4.78, 5) is 0. The largest absolute Gasteiger partial charge is 0.489 e. The fourth-order valence-electron chi connectivity index (χ4n) is 1.61. The van der Waals surface area contributed by atoms with E-state index >= 15 is 0 Å². The van der Waals surface area contributed by atoms with Crippen LogP contribution in [0, 0.1) is 5.82 Å². The third-order valence-corrected chi connectivity index (χ3v) is 2.73. The van der Waals surface area contributed by atoms with Gasteiger partial charge in [-0.1, -0.05) is 24.8 Å². The van der Waals surface area contributed by atoms with Crippen molar-refractivity contribution < 1.29 is 9.13 Å². The summed E-state index contributed by atoms with van der Waals surface area (Å²) in [7, 11) is 0. The van der Waals surface area contributed by atoms with Gasteiger partial charge in [-0.25, -0.2) is 4.39 Å². The van der Waals surface area contributed by atoms with Crippen molar-refractivity contribution in [1.82, 2.24) is 5.43 Å². The number of rotatable bonds is 5. The average molecular weight is 258 g/mol. The van der Waals surface area contributed by atoms with Crippen molar-refractivity contribution in [3.8, 4) is 5.75 Å². The molecule has 0 unspecified atom stereocenters. The zero-order chi connectivity index (χ0) is 13.7. The second-order valence-corrected chi connectivity index (χ2v) is 4.03. The minimum atomic E-state index is -0.264. The molecule has 0 aliphatic heterocycles. The van der Waals surface area contributed by atoms with Gasteiger partial charge in [0.1, 0.15) is 18.2 Å². The summed E-state index contributed by atoms with van der Waals surface area (Å²) in [5.74, 6) is 5.67. The van der Waals surface area contributed by atoms with Crippen molar-refractivity contribution in [2.75, 3.05) is 0 Å². The first-order valence-corrected chi connectivity index (χ1v) is 5.83. The average Bonchev–Trinajstić information content (AvgIpc) is 2.46. The number of nitrogens with two attached hydrogens (primary N) is 1. The molecule has 3 N–H and O–H groups in total. The number of halogens is 1. The first kappa shape index (κ1) is 13.1. The van der Waals surface area contributed by atoms with E-state index in [0.29, 0.717) is 17.0 Å². The molecule has 0 amide bonds. The van der Waals surface area contributed by atoms with Gasteiger partial charge in [0.2, 0.25) is 0 Å². The van der Waals surface area contributed by atoms with Gasteiger partial charge in [-0.3, -0.25) is 5.84 Å². The Labute approximate surface area is 111 Å². The monoisotopic (exact) mass is 258 g/mol. The smallest absolute Gasteiger partial charge is 0.129 e. The van der Waals surface area contributed by atoms with Gasteiger partial charge in [0.25, 0.3) is 0 Å². The van der Waals surface area contributed by atoms with E-state index in [1.165, 1.54) is 6.07 Å². The minimum absolute atomic E-state index is 0.197. The van der Waals surface area contributed by atoms with E-state index in [2.05, 4.69) is 12.0 Å². The van der Waals surface area contributed by atoms with Gasteiger partial charge in [-0.2, -0.15) is 0 Å². The maximum atomic E-state index is 13.4. The molecule has 0 heterocycles. The van der Waals surface area contributed by atoms with Crippen LogP contribution in [0.15, 0.2) is 55.1 Å². The summed E-state index contributed by atoms with van der Waals surface area (Å²) in [5.41, 5.74) is 4.51. The molecular weight excluding hydrogens is 243 g/mol. The Morgan fingerprint density at radius 1 is 1.16 bits per heavy atom. The number of nitrogens with one attached hydrogen (secondary N) is 1. The number of hydrogen-bond donors (Lipinski definition) is 2. The first-order chi connectivity index (χ1) is 9.20. The number of benzene rings is 2. The van der Waals surface area contributed by atoms with Crippen molar-refractivity contribution in [3.63, 3.8) is 0 Å². The maximum Gasteiger partial charge on any atom is 0.129 e. The minimum Gasteiger partial charge on any atom is -0.489 e. The highest BCUT2D eigenvalue weighted by Gasteiger charge is 2.02. The quantitative estimate of drug-likeness (QED) is 0.640. The van der Waals surface area contributed by atoms with Crippen LogP contribution in [0.25, 0.3) is 5.70 Å². The summed E-state index contributed by atoms with van der Waals surface area (Å²) in [6.45, 7) is 3.95. The molecule has 0 aromatic heterocycles. The van der Waals surface area contributed by atoms with Crippen LogP contribution in [0.1, 0.15) is 11.1 Å². The second-order valence-electron chi connectivity index (χ2n) is 4.03. The third kappa shape index (κ3) is 3.33.